The number of fused-ring (bicyclic) bond motifs is 1. The third-order valence-electron chi connectivity index (χ3n) is 4.85. The van der Waals surface area contributed by atoms with Gasteiger partial charge in [0.15, 0.2) is 6.61 Å². The summed E-state index contributed by atoms with van der Waals surface area (Å²) in [5.74, 6) is 0.371. The molecule has 1 aromatic carbocycles. The van der Waals surface area contributed by atoms with E-state index in [1.54, 1.807) is 0 Å². The summed E-state index contributed by atoms with van der Waals surface area (Å²) in [6, 6.07) is 7.80. The standard InChI is InChI=1S/C20H24N2O3S/c1-3-12(2)13-7-9-14(10-8-13)25-11-17(23)22-20-18(19(21)24)15-5-4-6-16(15)26-20/h7-10,12H,3-6,11H2,1-2H3,(H2,21,24)(H,22,23). The zero-order valence-electron chi connectivity index (χ0n) is 15.1. The van der Waals surface area contributed by atoms with E-state index >= 15 is 0 Å². The maximum absolute atomic E-state index is 12.2. The van der Waals surface area contributed by atoms with Crippen LogP contribution in [0.3, 0.4) is 0 Å². The van der Waals surface area contributed by atoms with Gasteiger partial charge in [0.1, 0.15) is 10.8 Å². The van der Waals surface area contributed by atoms with Crippen LogP contribution in [0.5, 0.6) is 5.75 Å². The Labute approximate surface area is 157 Å². The lowest BCUT2D eigenvalue weighted by molar-refractivity contribution is -0.118. The highest BCUT2D eigenvalue weighted by Crippen LogP contribution is 2.38. The molecule has 6 heteroatoms. The first-order valence-electron chi connectivity index (χ1n) is 8.96. The van der Waals surface area contributed by atoms with Gasteiger partial charge in [0.2, 0.25) is 0 Å². The molecule has 0 saturated heterocycles. The van der Waals surface area contributed by atoms with Gasteiger partial charge in [-0.25, -0.2) is 0 Å². The van der Waals surface area contributed by atoms with Crippen LogP contribution < -0.4 is 15.8 Å². The number of amides is 2. The zero-order valence-corrected chi connectivity index (χ0v) is 15.9. The van der Waals surface area contributed by atoms with Gasteiger partial charge in [-0.2, -0.15) is 0 Å². The molecule has 0 radical (unpaired) electrons. The quantitative estimate of drug-likeness (QED) is 0.774. The first-order chi connectivity index (χ1) is 12.5. The lowest BCUT2D eigenvalue weighted by Crippen LogP contribution is -2.22. The van der Waals surface area contributed by atoms with Crippen LogP contribution in [0.15, 0.2) is 24.3 Å². The number of benzene rings is 1. The molecule has 138 valence electrons. The smallest absolute Gasteiger partial charge is 0.262 e. The van der Waals surface area contributed by atoms with Gasteiger partial charge in [0.25, 0.3) is 11.8 Å². The first kappa shape index (κ1) is 18.5. The van der Waals surface area contributed by atoms with Crippen molar-refractivity contribution >= 4 is 28.2 Å². The Morgan fingerprint density at radius 2 is 2.00 bits per heavy atom. The van der Waals surface area contributed by atoms with E-state index < -0.39 is 5.91 Å². The number of hydrogen-bond donors (Lipinski definition) is 2. The summed E-state index contributed by atoms with van der Waals surface area (Å²) in [4.78, 5) is 25.1. The number of nitrogens with one attached hydrogen (secondary N) is 1. The summed E-state index contributed by atoms with van der Waals surface area (Å²) in [7, 11) is 0. The van der Waals surface area contributed by atoms with Crippen LogP contribution in [0.25, 0.3) is 0 Å². The van der Waals surface area contributed by atoms with Crippen LogP contribution in [0.2, 0.25) is 0 Å². The van der Waals surface area contributed by atoms with E-state index in [0.717, 1.165) is 36.1 Å². The summed E-state index contributed by atoms with van der Waals surface area (Å²) < 4.78 is 5.56. The number of carbonyl (C=O) groups is 2. The largest absolute Gasteiger partial charge is 0.484 e. The number of hydrogen-bond acceptors (Lipinski definition) is 4. The van der Waals surface area contributed by atoms with Gasteiger partial charge in [-0.3, -0.25) is 9.59 Å². The average Bonchev–Trinajstić information content (AvgIpc) is 3.20. The lowest BCUT2D eigenvalue weighted by atomic mass is 9.99. The zero-order chi connectivity index (χ0) is 18.7. The molecule has 0 saturated carbocycles. The minimum Gasteiger partial charge on any atom is -0.484 e. The Balaban J connectivity index is 1.61. The highest BCUT2D eigenvalue weighted by Gasteiger charge is 2.26. The van der Waals surface area contributed by atoms with Crippen LogP contribution in [0.1, 0.15) is 59.0 Å². The second kappa shape index (κ2) is 7.91. The van der Waals surface area contributed by atoms with Crippen molar-refractivity contribution in [1.29, 1.82) is 0 Å². The molecule has 1 unspecified atom stereocenters. The summed E-state index contributed by atoms with van der Waals surface area (Å²) in [5.41, 5.74) is 8.23. The predicted octanol–water partition coefficient (Wildman–Crippen LogP) is 3.87. The highest BCUT2D eigenvalue weighted by atomic mass is 32.1. The lowest BCUT2D eigenvalue weighted by Gasteiger charge is -2.11. The molecule has 0 aliphatic heterocycles. The minimum atomic E-state index is -0.485. The van der Waals surface area contributed by atoms with Crippen LogP contribution in [-0.4, -0.2) is 18.4 Å². The van der Waals surface area contributed by atoms with Crippen molar-refractivity contribution in [3.05, 3.63) is 45.8 Å². The van der Waals surface area contributed by atoms with E-state index in [1.165, 1.54) is 16.9 Å². The molecule has 1 aliphatic carbocycles. The van der Waals surface area contributed by atoms with Crippen molar-refractivity contribution in [1.82, 2.24) is 0 Å². The fraction of sp³-hybridized carbons (Fsp3) is 0.400. The van der Waals surface area contributed by atoms with Crippen molar-refractivity contribution in [2.75, 3.05) is 11.9 Å². The van der Waals surface area contributed by atoms with E-state index in [4.69, 9.17) is 10.5 Å². The van der Waals surface area contributed by atoms with Gasteiger partial charge in [-0.1, -0.05) is 26.0 Å². The maximum atomic E-state index is 12.2. The minimum absolute atomic E-state index is 0.108. The molecule has 5 nitrogen and oxygen atoms in total. The second-order valence-corrected chi connectivity index (χ2v) is 7.75. The van der Waals surface area contributed by atoms with Gasteiger partial charge < -0.3 is 15.8 Å². The molecule has 0 bridgehead atoms. The summed E-state index contributed by atoms with van der Waals surface area (Å²) >= 11 is 1.45. The van der Waals surface area contributed by atoms with Gasteiger partial charge in [-0.15, -0.1) is 11.3 Å². The van der Waals surface area contributed by atoms with Gasteiger partial charge in [0.05, 0.1) is 5.56 Å². The molecule has 26 heavy (non-hydrogen) atoms. The molecule has 1 aliphatic rings. The molecule has 1 atom stereocenters. The van der Waals surface area contributed by atoms with E-state index in [2.05, 4.69) is 19.2 Å². The molecule has 1 heterocycles. The predicted molar refractivity (Wildman–Crippen MR) is 104 cm³/mol. The normalized spacial score (nSPS) is 13.9. The number of ether oxygens (including phenoxy) is 1. The van der Waals surface area contributed by atoms with Crippen LogP contribution in [0, 0.1) is 0 Å². The second-order valence-electron chi connectivity index (χ2n) is 6.64. The molecular weight excluding hydrogens is 348 g/mol. The fourth-order valence-electron chi connectivity index (χ4n) is 3.19. The van der Waals surface area contributed by atoms with Crippen molar-refractivity contribution in [2.24, 2.45) is 5.73 Å². The first-order valence-corrected chi connectivity index (χ1v) is 9.78. The Morgan fingerprint density at radius 3 is 2.65 bits per heavy atom. The van der Waals surface area contributed by atoms with Crippen molar-refractivity contribution < 1.29 is 14.3 Å². The monoisotopic (exact) mass is 372 g/mol. The van der Waals surface area contributed by atoms with Crippen molar-refractivity contribution in [3.8, 4) is 5.75 Å². The number of primary amides is 1. The number of rotatable bonds is 7. The van der Waals surface area contributed by atoms with Crippen LogP contribution in [-0.2, 0) is 17.6 Å². The fourth-order valence-corrected chi connectivity index (χ4v) is 4.50. The van der Waals surface area contributed by atoms with E-state index in [-0.39, 0.29) is 12.5 Å². The van der Waals surface area contributed by atoms with Gasteiger partial charge >= 0.3 is 0 Å². The molecule has 3 rings (SSSR count). The Hall–Kier alpha value is -2.34. The third-order valence-corrected chi connectivity index (χ3v) is 6.06. The summed E-state index contributed by atoms with van der Waals surface area (Å²) in [6.07, 6.45) is 3.90. The van der Waals surface area contributed by atoms with Gasteiger partial charge in [0, 0.05) is 4.88 Å². The van der Waals surface area contributed by atoms with Crippen molar-refractivity contribution in [3.63, 3.8) is 0 Å². The molecule has 1 aromatic heterocycles. The number of anilines is 1. The average molecular weight is 372 g/mol. The van der Waals surface area contributed by atoms with E-state index in [0.29, 0.717) is 22.2 Å². The van der Waals surface area contributed by atoms with E-state index in [9.17, 15) is 9.59 Å². The third kappa shape index (κ3) is 3.90. The number of thiophene rings is 1. The topological polar surface area (TPSA) is 81.4 Å². The number of carbonyl (C=O) groups excluding carboxylic acids is 2. The molecule has 0 fully saturated rings. The van der Waals surface area contributed by atoms with Crippen LogP contribution >= 0.6 is 11.3 Å². The maximum Gasteiger partial charge on any atom is 0.262 e. The molecule has 3 N–H and O–H groups in total. The highest BCUT2D eigenvalue weighted by molar-refractivity contribution is 7.17. The number of aryl methyl sites for hydroxylation is 1. The Bertz CT molecular complexity index is 811. The summed E-state index contributed by atoms with van der Waals surface area (Å²) in [6.45, 7) is 4.22. The SMILES string of the molecule is CCC(C)c1ccc(OCC(=O)Nc2sc3c(c2C(N)=O)CCC3)cc1. The molecular formula is C20H24N2O3S. The van der Waals surface area contributed by atoms with Gasteiger partial charge in [-0.05, 0) is 54.9 Å². The van der Waals surface area contributed by atoms with Crippen molar-refractivity contribution in [2.45, 2.75) is 45.4 Å². The Kier molecular flexibility index (Phi) is 5.61. The summed E-state index contributed by atoms with van der Waals surface area (Å²) in [5, 5.41) is 3.33. The van der Waals surface area contributed by atoms with E-state index in [1.807, 2.05) is 24.3 Å². The number of nitrogens with two attached hydrogens (primary N) is 1. The molecule has 2 amide bonds. The van der Waals surface area contributed by atoms with Crippen LogP contribution in [0.4, 0.5) is 5.00 Å². The molecule has 0 spiro atoms. The Morgan fingerprint density at radius 1 is 1.27 bits per heavy atom. The molecule has 2 aromatic rings.